The van der Waals surface area contributed by atoms with E-state index in [-0.39, 0.29) is 30.6 Å². The summed E-state index contributed by atoms with van der Waals surface area (Å²) in [6, 6.07) is -1.45. The molecule has 34 heavy (non-hydrogen) atoms. The minimum absolute atomic E-state index is 0.00133. The zero-order valence-corrected chi connectivity index (χ0v) is 20.0. The molecule has 4 heterocycles. The number of nitrogens with one attached hydrogen (secondary N) is 1. The molecule has 0 aromatic rings. The molecule has 11 heteroatoms. The fourth-order valence-corrected chi connectivity index (χ4v) is 6.05. The van der Waals surface area contributed by atoms with Crippen molar-refractivity contribution < 1.29 is 48.6 Å². The third-order valence-electron chi connectivity index (χ3n) is 7.97. The molecule has 4 aliphatic heterocycles. The molecule has 1 amide bonds. The van der Waals surface area contributed by atoms with Crippen LogP contribution < -0.4 is 5.32 Å². The third kappa shape index (κ3) is 4.44. The number of carbonyl (C=O) groups excluding carboxylic acids is 2. The molecule has 1 saturated carbocycles. The van der Waals surface area contributed by atoms with E-state index in [0.717, 1.165) is 19.3 Å². The van der Waals surface area contributed by atoms with E-state index in [9.17, 15) is 19.5 Å². The molecule has 3 N–H and O–H groups in total. The average Bonchev–Trinajstić information content (AvgIpc) is 2.99. The van der Waals surface area contributed by atoms with Gasteiger partial charge in [0.05, 0.1) is 12.5 Å². The summed E-state index contributed by atoms with van der Waals surface area (Å²) in [6.07, 6.45) is 0.00572. The molecule has 0 aromatic heterocycles. The molecule has 5 fully saturated rings. The molecular weight excluding hydrogens is 450 g/mol. The summed E-state index contributed by atoms with van der Waals surface area (Å²) in [6.45, 7) is 7.24. The zero-order chi connectivity index (χ0) is 24.8. The van der Waals surface area contributed by atoms with E-state index in [4.69, 9.17) is 29.1 Å². The molecule has 10 atom stereocenters. The Kier molecular flexibility index (Phi) is 6.96. The number of hydrogen-bond donors (Lipinski definition) is 3. The lowest BCUT2D eigenvalue weighted by Crippen LogP contribution is -2.70. The van der Waals surface area contributed by atoms with Gasteiger partial charge in [0.15, 0.2) is 17.9 Å². The molecule has 5 aliphatic rings. The number of aliphatic hydroxyl groups excluding tert-OH is 1. The second kappa shape index (κ2) is 9.34. The summed E-state index contributed by atoms with van der Waals surface area (Å²) in [5, 5.41) is 20.8. The molecule has 0 unspecified atom stereocenters. The van der Waals surface area contributed by atoms with Crippen molar-refractivity contribution in [2.45, 2.75) is 102 Å². The van der Waals surface area contributed by atoms with Crippen molar-refractivity contribution in [3.8, 4) is 0 Å². The first kappa shape index (κ1) is 25.3. The highest BCUT2D eigenvalue weighted by Crippen LogP contribution is 2.60. The van der Waals surface area contributed by atoms with E-state index in [1.165, 1.54) is 6.92 Å². The van der Waals surface area contributed by atoms with Crippen LogP contribution in [-0.2, 0) is 38.4 Å². The monoisotopic (exact) mass is 485 g/mol. The first-order valence-corrected chi connectivity index (χ1v) is 12.1. The zero-order valence-electron chi connectivity index (χ0n) is 20.0. The van der Waals surface area contributed by atoms with Crippen molar-refractivity contribution in [2.24, 2.45) is 23.7 Å². The summed E-state index contributed by atoms with van der Waals surface area (Å²) in [7, 11) is 0. The van der Waals surface area contributed by atoms with Crippen LogP contribution in [-0.4, -0.2) is 64.2 Å². The standard InChI is InChI=1S/C23H35NO10/c1-11-5-6-15-12(2)20(30-17(27)8-7-16(26)24-18(13(3)25)19(28)29)31-21-23(15)14(11)9-10-22(4,32-21)33-34-23/h11-15,18,20-21,25H,5-10H2,1-4H3,(H,24,26)(H,28,29)/t11-,12-,13+,14+,15+,18-,20-,21-,22+,23-/m1/s1. The van der Waals surface area contributed by atoms with Crippen LogP contribution >= 0.6 is 0 Å². The summed E-state index contributed by atoms with van der Waals surface area (Å²) in [5.74, 6) is -3.19. The quantitative estimate of drug-likeness (QED) is 0.357. The second-order valence-corrected chi connectivity index (χ2v) is 10.4. The van der Waals surface area contributed by atoms with Gasteiger partial charge in [-0.3, -0.25) is 9.59 Å². The Balaban J connectivity index is 1.40. The van der Waals surface area contributed by atoms with Crippen molar-refractivity contribution in [1.82, 2.24) is 5.32 Å². The molecule has 0 radical (unpaired) electrons. The van der Waals surface area contributed by atoms with E-state index >= 15 is 0 Å². The Morgan fingerprint density at radius 1 is 1.12 bits per heavy atom. The molecule has 0 aromatic carbocycles. The number of fused-ring (bicyclic) bond motifs is 2. The highest BCUT2D eigenvalue weighted by atomic mass is 17.3. The van der Waals surface area contributed by atoms with Gasteiger partial charge < -0.3 is 29.7 Å². The van der Waals surface area contributed by atoms with E-state index in [1.54, 1.807) is 0 Å². The third-order valence-corrected chi connectivity index (χ3v) is 7.97. The summed E-state index contributed by atoms with van der Waals surface area (Å²) >= 11 is 0. The number of esters is 1. The van der Waals surface area contributed by atoms with Crippen molar-refractivity contribution in [3.05, 3.63) is 0 Å². The molecule has 11 nitrogen and oxygen atoms in total. The lowest BCUT2D eigenvalue weighted by atomic mass is 9.58. The maximum absolute atomic E-state index is 12.5. The van der Waals surface area contributed by atoms with Gasteiger partial charge in [-0.15, -0.1) is 0 Å². The summed E-state index contributed by atoms with van der Waals surface area (Å²) in [5.41, 5.74) is -0.761. The van der Waals surface area contributed by atoms with Gasteiger partial charge in [-0.05, 0) is 44.9 Å². The number of carboxylic acids is 1. The Labute approximate surface area is 198 Å². The summed E-state index contributed by atoms with van der Waals surface area (Å²) in [4.78, 5) is 47.6. The molecule has 1 aliphatic carbocycles. The summed E-state index contributed by atoms with van der Waals surface area (Å²) < 4.78 is 18.0. The lowest BCUT2D eigenvalue weighted by molar-refractivity contribution is -0.576. The lowest BCUT2D eigenvalue weighted by Gasteiger charge is -2.59. The van der Waals surface area contributed by atoms with Crippen molar-refractivity contribution in [2.75, 3.05) is 0 Å². The minimum atomic E-state index is -1.45. The smallest absolute Gasteiger partial charge is 0.328 e. The SMILES string of the molecule is C[C@H]1[C@H](OC(=O)CCC(=O)N[C@@H](C(=O)O)[C@H](C)O)O[C@@H]2O[C@]3(C)CC[C@H]4[C@H](C)CC[C@@H]1[C@@]24OO3. The van der Waals surface area contributed by atoms with Crippen LogP contribution in [0.3, 0.4) is 0 Å². The highest BCUT2D eigenvalue weighted by molar-refractivity contribution is 5.86. The predicted molar refractivity (Wildman–Crippen MR) is 113 cm³/mol. The van der Waals surface area contributed by atoms with Crippen molar-refractivity contribution in [3.63, 3.8) is 0 Å². The fraction of sp³-hybridized carbons (Fsp3) is 0.870. The maximum Gasteiger partial charge on any atom is 0.328 e. The Morgan fingerprint density at radius 2 is 1.85 bits per heavy atom. The Morgan fingerprint density at radius 3 is 2.53 bits per heavy atom. The Bertz CT molecular complexity index is 820. The Hall–Kier alpha value is -1.79. The van der Waals surface area contributed by atoms with E-state index in [1.807, 2.05) is 13.8 Å². The number of hydrogen-bond acceptors (Lipinski definition) is 9. The first-order valence-electron chi connectivity index (χ1n) is 12.1. The number of aliphatic carboxylic acids is 1. The molecule has 2 bridgehead atoms. The molecule has 5 rings (SSSR count). The average molecular weight is 486 g/mol. The van der Waals surface area contributed by atoms with E-state index in [2.05, 4.69) is 12.2 Å². The van der Waals surface area contributed by atoms with Gasteiger partial charge in [-0.25, -0.2) is 14.6 Å². The van der Waals surface area contributed by atoms with E-state index in [0.29, 0.717) is 12.3 Å². The molecule has 1 spiro atoms. The van der Waals surface area contributed by atoms with Crippen molar-refractivity contribution in [1.29, 1.82) is 0 Å². The van der Waals surface area contributed by atoms with Gasteiger partial charge in [0.2, 0.25) is 18.0 Å². The first-order chi connectivity index (χ1) is 16.0. The van der Waals surface area contributed by atoms with Gasteiger partial charge >= 0.3 is 11.9 Å². The number of carboxylic acid groups (broad SMARTS) is 1. The van der Waals surface area contributed by atoms with Crippen LogP contribution in [0.2, 0.25) is 0 Å². The number of amides is 1. The van der Waals surface area contributed by atoms with Gasteiger partial charge in [-0.1, -0.05) is 13.8 Å². The van der Waals surface area contributed by atoms with Crippen molar-refractivity contribution >= 4 is 17.8 Å². The van der Waals surface area contributed by atoms with Crippen LogP contribution in [0.25, 0.3) is 0 Å². The van der Waals surface area contributed by atoms with E-state index < -0.39 is 54.0 Å². The molecule has 192 valence electrons. The van der Waals surface area contributed by atoms with Gasteiger partial charge in [0.1, 0.15) is 0 Å². The van der Waals surface area contributed by atoms with Crippen LogP contribution in [0.4, 0.5) is 0 Å². The van der Waals surface area contributed by atoms with Gasteiger partial charge in [-0.2, -0.15) is 0 Å². The molecule has 4 saturated heterocycles. The maximum atomic E-state index is 12.5. The molecular formula is C23H35NO10. The van der Waals surface area contributed by atoms with Crippen LogP contribution in [0.5, 0.6) is 0 Å². The number of carbonyl (C=O) groups is 3. The van der Waals surface area contributed by atoms with Crippen LogP contribution in [0, 0.1) is 23.7 Å². The van der Waals surface area contributed by atoms with Gasteiger partial charge in [0.25, 0.3) is 0 Å². The second-order valence-electron chi connectivity index (χ2n) is 10.4. The predicted octanol–water partition coefficient (Wildman–Crippen LogP) is 1.47. The van der Waals surface area contributed by atoms with Crippen LogP contribution in [0.1, 0.15) is 66.2 Å². The number of aliphatic hydroxyl groups is 1. The normalized spacial score (nSPS) is 42.6. The number of ether oxygens (including phenoxy) is 3. The topological polar surface area (TPSA) is 150 Å². The fourth-order valence-electron chi connectivity index (χ4n) is 6.05. The van der Waals surface area contributed by atoms with Crippen LogP contribution in [0.15, 0.2) is 0 Å². The minimum Gasteiger partial charge on any atom is -0.480 e. The number of rotatable bonds is 7. The highest BCUT2D eigenvalue weighted by Gasteiger charge is 2.69. The van der Waals surface area contributed by atoms with Gasteiger partial charge in [0, 0.05) is 24.7 Å². The largest absolute Gasteiger partial charge is 0.480 e.